The highest BCUT2D eigenvalue weighted by Crippen LogP contribution is 2.28. The van der Waals surface area contributed by atoms with Crippen molar-refractivity contribution >= 4 is 0 Å². The maximum Gasteiger partial charge on any atom is 0.161 e. The van der Waals surface area contributed by atoms with Gasteiger partial charge in [0.2, 0.25) is 0 Å². The molecule has 1 aromatic carbocycles. The molecule has 1 heterocycles. The summed E-state index contributed by atoms with van der Waals surface area (Å²) >= 11 is 0. The van der Waals surface area contributed by atoms with E-state index in [0.29, 0.717) is 6.61 Å². The van der Waals surface area contributed by atoms with Crippen molar-refractivity contribution in [3.63, 3.8) is 0 Å². The molecule has 2 rings (SSSR count). The molecule has 0 atom stereocenters. The standard InChI is InChI=1S/C20H32N2O3/c1-16(2)15-25-20-13-17(5-6-19(20)24-3)14-21-9-4-10-22-11-7-18(23)8-12-22/h5-6,13,18,21,23H,1,4,7-12,14-15H2,2-3H3. The largest absolute Gasteiger partial charge is 0.493 e. The number of nitrogens with zero attached hydrogens (tertiary/aromatic N) is 1. The molecule has 0 aromatic heterocycles. The van der Waals surface area contributed by atoms with Crippen LogP contribution < -0.4 is 14.8 Å². The van der Waals surface area contributed by atoms with Gasteiger partial charge < -0.3 is 24.8 Å². The van der Waals surface area contributed by atoms with Gasteiger partial charge in [0.05, 0.1) is 13.2 Å². The molecule has 0 saturated carbocycles. The Labute approximate surface area is 151 Å². The molecule has 1 aliphatic heterocycles. The zero-order valence-electron chi connectivity index (χ0n) is 15.6. The van der Waals surface area contributed by atoms with Crippen molar-refractivity contribution in [3.05, 3.63) is 35.9 Å². The minimum Gasteiger partial charge on any atom is -0.493 e. The molecule has 0 radical (unpaired) electrons. The monoisotopic (exact) mass is 348 g/mol. The molecule has 1 saturated heterocycles. The minimum atomic E-state index is -0.0919. The third-order valence-corrected chi connectivity index (χ3v) is 4.42. The summed E-state index contributed by atoms with van der Waals surface area (Å²) in [6.07, 6.45) is 2.84. The summed E-state index contributed by atoms with van der Waals surface area (Å²) in [4.78, 5) is 2.44. The summed E-state index contributed by atoms with van der Waals surface area (Å²) in [5, 5.41) is 13.0. The topological polar surface area (TPSA) is 54.0 Å². The Balaban J connectivity index is 1.71. The van der Waals surface area contributed by atoms with E-state index in [1.165, 1.54) is 5.56 Å². The number of ether oxygens (including phenoxy) is 2. The van der Waals surface area contributed by atoms with E-state index in [1.807, 2.05) is 19.1 Å². The lowest BCUT2D eigenvalue weighted by molar-refractivity contribution is 0.0821. The van der Waals surface area contributed by atoms with Gasteiger partial charge in [0, 0.05) is 19.6 Å². The number of aliphatic hydroxyl groups excluding tert-OH is 1. The SMILES string of the molecule is C=C(C)COc1cc(CNCCCN2CCC(O)CC2)ccc1OC. The van der Waals surface area contributed by atoms with Crippen LogP contribution in [0.5, 0.6) is 11.5 Å². The van der Waals surface area contributed by atoms with E-state index in [1.54, 1.807) is 7.11 Å². The molecule has 1 aliphatic rings. The Morgan fingerprint density at radius 2 is 2.08 bits per heavy atom. The van der Waals surface area contributed by atoms with Gasteiger partial charge in [-0.1, -0.05) is 12.6 Å². The van der Waals surface area contributed by atoms with Crippen LogP contribution in [0.4, 0.5) is 0 Å². The van der Waals surface area contributed by atoms with Gasteiger partial charge in [-0.3, -0.25) is 0 Å². The first-order valence-corrected chi connectivity index (χ1v) is 9.13. The van der Waals surface area contributed by atoms with Crippen LogP contribution in [0.1, 0.15) is 31.7 Å². The molecule has 1 aromatic rings. The number of methoxy groups -OCH3 is 1. The van der Waals surface area contributed by atoms with Crippen LogP contribution in [0.15, 0.2) is 30.4 Å². The predicted molar refractivity (Wildman–Crippen MR) is 101 cm³/mol. The molecule has 2 N–H and O–H groups in total. The van der Waals surface area contributed by atoms with Crippen LogP contribution >= 0.6 is 0 Å². The summed E-state index contributed by atoms with van der Waals surface area (Å²) in [5.41, 5.74) is 2.16. The average molecular weight is 348 g/mol. The summed E-state index contributed by atoms with van der Waals surface area (Å²) < 4.78 is 11.1. The van der Waals surface area contributed by atoms with Gasteiger partial charge in [0.25, 0.3) is 0 Å². The van der Waals surface area contributed by atoms with E-state index in [-0.39, 0.29) is 6.10 Å². The number of nitrogens with one attached hydrogen (secondary N) is 1. The molecule has 0 bridgehead atoms. The molecule has 1 fully saturated rings. The van der Waals surface area contributed by atoms with Crippen molar-refractivity contribution in [2.45, 2.75) is 38.8 Å². The minimum absolute atomic E-state index is 0.0919. The molecule has 0 unspecified atom stereocenters. The van der Waals surface area contributed by atoms with Crippen LogP contribution in [-0.4, -0.2) is 56.0 Å². The van der Waals surface area contributed by atoms with Crippen LogP contribution in [0.25, 0.3) is 0 Å². The molecule has 25 heavy (non-hydrogen) atoms. The van der Waals surface area contributed by atoms with E-state index < -0.39 is 0 Å². The molecule has 0 spiro atoms. The predicted octanol–water partition coefficient (Wildman–Crippen LogP) is 2.59. The second-order valence-electron chi connectivity index (χ2n) is 6.83. The number of aliphatic hydroxyl groups is 1. The van der Waals surface area contributed by atoms with Gasteiger partial charge in [-0.2, -0.15) is 0 Å². The third-order valence-electron chi connectivity index (χ3n) is 4.42. The second-order valence-corrected chi connectivity index (χ2v) is 6.83. The first-order chi connectivity index (χ1) is 12.1. The van der Waals surface area contributed by atoms with Gasteiger partial charge in [-0.25, -0.2) is 0 Å². The lowest BCUT2D eigenvalue weighted by atomic mass is 10.1. The maximum absolute atomic E-state index is 9.53. The smallest absolute Gasteiger partial charge is 0.161 e. The van der Waals surface area contributed by atoms with E-state index >= 15 is 0 Å². The zero-order chi connectivity index (χ0) is 18.1. The third kappa shape index (κ3) is 7.06. The summed E-state index contributed by atoms with van der Waals surface area (Å²) in [7, 11) is 1.65. The van der Waals surface area contributed by atoms with Gasteiger partial charge in [0.15, 0.2) is 11.5 Å². The number of hydrogen-bond acceptors (Lipinski definition) is 5. The fraction of sp³-hybridized carbons (Fsp3) is 0.600. The average Bonchev–Trinajstić information content (AvgIpc) is 2.61. The van der Waals surface area contributed by atoms with Gasteiger partial charge in [0.1, 0.15) is 6.61 Å². The molecular formula is C20H32N2O3. The van der Waals surface area contributed by atoms with Gasteiger partial charge in [-0.15, -0.1) is 0 Å². The highest BCUT2D eigenvalue weighted by molar-refractivity contribution is 5.43. The lowest BCUT2D eigenvalue weighted by Gasteiger charge is -2.29. The normalized spacial score (nSPS) is 16.0. The summed E-state index contributed by atoms with van der Waals surface area (Å²) in [5.74, 6) is 1.51. The van der Waals surface area contributed by atoms with Crippen molar-refractivity contribution in [1.82, 2.24) is 10.2 Å². The van der Waals surface area contributed by atoms with Crippen LogP contribution in [-0.2, 0) is 6.54 Å². The Bertz CT molecular complexity index is 540. The Hall–Kier alpha value is -1.56. The molecule has 5 nitrogen and oxygen atoms in total. The number of benzene rings is 1. The first-order valence-electron chi connectivity index (χ1n) is 9.13. The quantitative estimate of drug-likeness (QED) is 0.503. The molecule has 0 aliphatic carbocycles. The highest BCUT2D eigenvalue weighted by atomic mass is 16.5. The van der Waals surface area contributed by atoms with Crippen LogP contribution in [0.2, 0.25) is 0 Å². The molecule has 5 heteroatoms. The van der Waals surface area contributed by atoms with Crippen LogP contribution in [0.3, 0.4) is 0 Å². The van der Waals surface area contributed by atoms with Gasteiger partial charge >= 0.3 is 0 Å². The molecule has 140 valence electrons. The van der Waals surface area contributed by atoms with E-state index in [0.717, 1.165) is 69.1 Å². The van der Waals surface area contributed by atoms with Crippen LogP contribution in [0, 0.1) is 0 Å². The number of likely N-dealkylation sites (tertiary alicyclic amines) is 1. The Morgan fingerprint density at radius 3 is 2.76 bits per heavy atom. The van der Waals surface area contributed by atoms with E-state index in [9.17, 15) is 5.11 Å². The Kier molecular flexibility index (Phi) is 8.25. The molecule has 0 amide bonds. The maximum atomic E-state index is 9.53. The van der Waals surface area contributed by atoms with Crippen molar-refractivity contribution < 1.29 is 14.6 Å². The zero-order valence-corrected chi connectivity index (χ0v) is 15.6. The number of piperidine rings is 1. The summed E-state index contributed by atoms with van der Waals surface area (Å²) in [6, 6.07) is 6.04. The second kappa shape index (κ2) is 10.4. The Morgan fingerprint density at radius 1 is 1.32 bits per heavy atom. The van der Waals surface area contributed by atoms with E-state index in [2.05, 4.69) is 22.9 Å². The molecular weight excluding hydrogens is 316 g/mol. The fourth-order valence-electron chi connectivity index (χ4n) is 2.95. The van der Waals surface area contributed by atoms with Crippen molar-refractivity contribution in [1.29, 1.82) is 0 Å². The summed E-state index contributed by atoms with van der Waals surface area (Å²) in [6.45, 7) is 11.2. The lowest BCUT2D eigenvalue weighted by Crippen LogP contribution is -2.37. The van der Waals surface area contributed by atoms with Crippen molar-refractivity contribution in [2.24, 2.45) is 0 Å². The number of rotatable bonds is 10. The van der Waals surface area contributed by atoms with Gasteiger partial charge in [-0.05, 0) is 62.5 Å². The fourth-order valence-corrected chi connectivity index (χ4v) is 2.95. The van der Waals surface area contributed by atoms with Crippen molar-refractivity contribution in [3.8, 4) is 11.5 Å². The highest BCUT2D eigenvalue weighted by Gasteiger charge is 2.15. The first kappa shape index (κ1) is 19.8. The van der Waals surface area contributed by atoms with Crippen molar-refractivity contribution in [2.75, 3.05) is 39.9 Å². The van der Waals surface area contributed by atoms with E-state index in [4.69, 9.17) is 9.47 Å². The number of hydrogen-bond donors (Lipinski definition) is 2.